The van der Waals surface area contributed by atoms with Crippen LogP contribution < -0.4 is 16.6 Å². The molecule has 1 atom stereocenters. The predicted octanol–water partition coefficient (Wildman–Crippen LogP) is 3.38. The van der Waals surface area contributed by atoms with Crippen LogP contribution in [0.1, 0.15) is 40.1 Å². The number of aromatic nitrogens is 3. The van der Waals surface area contributed by atoms with E-state index in [0.717, 1.165) is 20.4 Å². The molecule has 0 fully saturated rings. The number of para-hydroxylation sites is 1. The number of rotatable bonds is 6. The zero-order valence-corrected chi connectivity index (χ0v) is 18.7. The van der Waals surface area contributed by atoms with Crippen molar-refractivity contribution in [1.82, 2.24) is 19.7 Å². The number of amides is 1. The van der Waals surface area contributed by atoms with E-state index in [1.54, 1.807) is 25.1 Å². The largest absolute Gasteiger partial charge is 0.352 e. The summed E-state index contributed by atoms with van der Waals surface area (Å²) in [5.74, 6) is -1.47. The Balaban J connectivity index is 1.82. The van der Waals surface area contributed by atoms with Crippen LogP contribution >= 0.6 is 0 Å². The number of halogens is 1. The van der Waals surface area contributed by atoms with Crippen molar-refractivity contribution in [3.05, 3.63) is 128 Å². The van der Waals surface area contributed by atoms with Crippen molar-refractivity contribution in [3.8, 4) is 5.69 Å². The molecule has 0 spiro atoms. The Morgan fingerprint density at radius 3 is 2.29 bits per heavy atom. The van der Waals surface area contributed by atoms with Crippen molar-refractivity contribution < 1.29 is 9.18 Å². The minimum Gasteiger partial charge on any atom is -0.344 e. The van der Waals surface area contributed by atoms with Gasteiger partial charge in [0.25, 0.3) is 11.5 Å². The van der Waals surface area contributed by atoms with Gasteiger partial charge in [0.1, 0.15) is 11.5 Å². The molecule has 0 aliphatic carbocycles. The van der Waals surface area contributed by atoms with Crippen molar-refractivity contribution in [2.24, 2.45) is 0 Å². The number of hydrogen-bond donors (Lipinski definition) is 1. The molecule has 0 bridgehead atoms. The zero-order valence-electron chi connectivity index (χ0n) is 18.7. The van der Waals surface area contributed by atoms with E-state index in [0.29, 0.717) is 5.56 Å². The molecule has 0 aliphatic heterocycles. The SMILES string of the molecule is Cc1ccc(Cn2c(=O)c(C(=O)N[C@H](C)c3ccccc3)nn(-c3ccccc3F)c2=O)cc1. The average molecular weight is 458 g/mol. The van der Waals surface area contributed by atoms with Gasteiger partial charge in [-0.1, -0.05) is 72.3 Å². The first-order chi connectivity index (χ1) is 16.3. The highest BCUT2D eigenvalue weighted by atomic mass is 19.1. The van der Waals surface area contributed by atoms with Gasteiger partial charge in [0.05, 0.1) is 12.6 Å². The maximum Gasteiger partial charge on any atom is 0.352 e. The third-order valence-corrected chi connectivity index (χ3v) is 5.46. The second-order valence-corrected chi connectivity index (χ2v) is 7.98. The lowest BCUT2D eigenvalue weighted by molar-refractivity contribution is 0.0930. The van der Waals surface area contributed by atoms with Crippen LogP contribution in [0.3, 0.4) is 0 Å². The third kappa shape index (κ3) is 4.71. The van der Waals surface area contributed by atoms with Crippen LogP contribution in [0.15, 0.2) is 88.5 Å². The second kappa shape index (κ2) is 9.66. The van der Waals surface area contributed by atoms with Crippen LogP contribution in [-0.2, 0) is 6.54 Å². The van der Waals surface area contributed by atoms with Crippen molar-refractivity contribution in [3.63, 3.8) is 0 Å². The summed E-state index contributed by atoms with van der Waals surface area (Å²) >= 11 is 0. The third-order valence-electron chi connectivity index (χ3n) is 5.46. The molecule has 4 aromatic rings. The van der Waals surface area contributed by atoms with Crippen LogP contribution in [0.2, 0.25) is 0 Å². The fourth-order valence-corrected chi connectivity index (χ4v) is 3.54. The first-order valence-corrected chi connectivity index (χ1v) is 10.8. The Morgan fingerprint density at radius 2 is 1.62 bits per heavy atom. The molecule has 0 radical (unpaired) electrons. The number of nitrogens with zero attached hydrogens (tertiary/aromatic N) is 3. The van der Waals surface area contributed by atoms with Gasteiger partial charge < -0.3 is 5.32 Å². The Morgan fingerprint density at radius 1 is 0.971 bits per heavy atom. The van der Waals surface area contributed by atoms with E-state index in [1.165, 1.54) is 18.2 Å². The topological polar surface area (TPSA) is 86.0 Å². The van der Waals surface area contributed by atoms with Crippen molar-refractivity contribution in [1.29, 1.82) is 0 Å². The molecular weight excluding hydrogens is 435 g/mol. The van der Waals surface area contributed by atoms with E-state index in [-0.39, 0.29) is 12.2 Å². The van der Waals surface area contributed by atoms with E-state index in [1.807, 2.05) is 49.4 Å². The number of carbonyl (C=O) groups is 1. The minimum atomic E-state index is -0.851. The lowest BCUT2D eigenvalue weighted by atomic mass is 10.1. The summed E-state index contributed by atoms with van der Waals surface area (Å²) in [6, 6.07) is 21.6. The number of carbonyl (C=O) groups excluding carboxylic acids is 1. The molecule has 1 amide bonds. The molecule has 1 heterocycles. The van der Waals surface area contributed by atoms with Crippen LogP contribution in [0.5, 0.6) is 0 Å². The molecule has 7 nitrogen and oxygen atoms in total. The predicted molar refractivity (Wildman–Crippen MR) is 127 cm³/mol. The molecule has 0 saturated heterocycles. The van der Waals surface area contributed by atoms with Crippen molar-refractivity contribution >= 4 is 5.91 Å². The first kappa shape index (κ1) is 22.8. The van der Waals surface area contributed by atoms with E-state index in [2.05, 4.69) is 10.4 Å². The zero-order chi connectivity index (χ0) is 24.2. The van der Waals surface area contributed by atoms with E-state index in [4.69, 9.17) is 0 Å². The van der Waals surface area contributed by atoms with E-state index >= 15 is 0 Å². The molecule has 172 valence electrons. The van der Waals surface area contributed by atoms with Gasteiger partial charge in [-0.25, -0.2) is 9.18 Å². The van der Waals surface area contributed by atoms with Crippen molar-refractivity contribution in [2.45, 2.75) is 26.4 Å². The van der Waals surface area contributed by atoms with Gasteiger partial charge in [0.15, 0.2) is 0 Å². The molecule has 0 unspecified atom stereocenters. The molecular formula is C26H23FN4O3. The molecule has 1 N–H and O–H groups in total. The average Bonchev–Trinajstić information content (AvgIpc) is 2.84. The van der Waals surface area contributed by atoms with Crippen LogP contribution in [-0.4, -0.2) is 20.3 Å². The summed E-state index contributed by atoms with van der Waals surface area (Å²) in [5.41, 5.74) is 0.176. The smallest absolute Gasteiger partial charge is 0.344 e. The Labute approximate surface area is 195 Å². The molecule has 1 aromatic heterocycles. The van der Waals surface area contributed by atoms with E-state index in [9.17, 15) is 18.8 Å². The summed E-state index contributed by atoms with van der Waals surface area (Å²) in [5, 5.41) is 6.73. The molecule has 3 aromatic carbocycles. The quantitative estimate of drug-likeness (QED) is 0.480. The molecule has 4 rings (SSSR count). The molecule has 8 heteroatoms. The monoisotopic (exact) mass is 458 g/mol. The first-order valence-electron chi connectivity index (χ1n) is 10.8. The van der Waals surface area contributed by atoms with Crippen LogP contribution in [0.25, 0.3) is 5.69 Å². The van der Waals surface area contributed by atoms with Crippen LogP contribution in [0, 0.1) is 12.7 Å². The Hall–Kier alpha value is -4.33. The summed E-state index contributed by atoms with van der Waals surface area (Å²) in [7, 11) is 0. The maximum atomic E-state index is 14.5. The highest BCUT2D eigenvalue weighted by molar-refractivity contribution is 5.92. The Bertz CT molecular complexity index is 1440. The van der Waals surface area contributed by atoms with E-state index < -0.39 is 34.7 Å². The highest BCUT2D eigenvalue weighted by Gasteiger charge is 2.23. The fraction of sp³-hybridized carbons (Fsp3) is 0.154. The van der Waals surface area contributed by atoms with Gasteiger partial charge in [-0.05, 0) is 37.1 Å². The lowest BCUT2D eigenvalue weighted by Gasteiger charge is -2.16. The highest BCUT2D eigenvalue weighted by Crippen LogP contribution is 2.12. The second-order valence-electron chi connectivity index (χ2n) is 7.98. The molecule has 34 heavy (non-hydrogen) atoms. The lowest BCUT2D eigenvalue weighted by Crippen LogP contribution is -2.46. The number of hydrogen-bond acceptors (Lipinski definition) is 4. The van der Waals surface area contributed by atoms with Gasteiger partial charge in [0, 0.05) is 0 Å². The van der Waals surface area contributed by atoms with Gasteiger partial charge in [-0.3, -0.25) is 14.2 Å². The standard InChI is InChI=1S/C26H23FN4O3/c1-17-12-14-19(15-13-17)16-30-25(33)23(24(32)28-18(2)20-8-4-3-5-9-20)29-31(26(30)34)22-11-7-6-10-21(22)27/h3-15,18H,16H2,1-2H3,(H,28,32)/t18-/m1/s1. The maximum absolute atomic E-state index is 14.5. The summed E-state index contributed by atoms with van der Waals surface area (Å²) < 4.78 is 16.2. The normalized spacial score (nSPS) is 11.7. The molecule has 0 aliphatic rings. The summed E-state index contributed by atoms with van der Waals surface area (Å²) in [4.78, 5) is 39.5. The van der Waals surface area contributed by atoms with Gasteiger partial charge >= 0.3 is 5.69 Å². The summed E-state index contributed by atoms with van der Waals surface area (Å²) in [6.45, 7) is 3.60. The molecule has 0 saturated carbocycles. The van der Waals surface area contributed by atoms with Crippen molar-refractivity contribution in [2.75, 3.05) is 0 Å². The number of benzene rings is 3. The van der Waals surface area contributed by atoms with Gasteiger partial charge in [-0.2, -0.15) is 9.78 Å². The van der Waals surface area contributed by atoms with Gasteiger partial charge in [-0.15, -0.1) is 0 Å². The number of aryl methyl sites for hydroxylation is 1. The summed E-state index contributed by atoms with van der Waals surface area (Å²) in [6.07, 6.45) is 0. The van der Waals surface area contributed by atoms with Crippen LogP contribution in [0.4, 0.5) is 4.39 Å². The fourth-order valence-electron chi connectivity index (χ4n) is 3.54. The number of nitrogens with one attached hydrogen (secondary N) is 1. The van der Waals surface area contributed by atoms with Gasteiger partial charge in [0.2, 0.25) is 5.69 Å². The minimum absolute atomic E-state index is 0.0938. The Kier molecular flexibility index (Phi) is 6.49.